The van der Waals surface area contributed by atoms with E-state index in [-0.39, 0.29) is 5.91 Å². The van der Waals surface area contributed by atoms with Crippen LogP contribution in [0.5, 0.6) is 0 Å². The highest BCUT2D eigenvalue weighted by Crippen LogP contribution is 2.32. The van der Waals surface area contributed by atoms with Gasteiger partial charge in [-0.3, -0.25) is 4.79 Å². The molecular formula is C13H16N2OS2. The number of carbonyl (C=O) groups is 1. The number of anilines is 1. The molecule has 0 aliphatic rings. The first-order valence-corrected chi connectivity index (χ1v) is 8.02. The minimum atomic E-state index is 0.0570. The van der Waals surface area contributed by atoms with E-state index in [2.05, 4.69) is 23.3 Å². The highest BCUT2D eigenvalue weighted by atomic mass is 32.2. The number of nitrogens with zero attached hydrogens (tertiary/aromatic N) is 1. The summed E-state index contributed by atoms with van der Waals surface area (Å²) < 4.78 is 1.12. The van der Waals surface area contributed by atoms with Gasteiger partial charge in [0.15, 0.2) is 5.13 Å². The van der Waals surface area contributed by atoms with E-state index in [1.807, 2.05) is 18.4 Å². The Morgan fingerprint density at radius 2 is 2.33 bits per heavy atom. The van der Waals surface area contributed by atoms with Crippen LogP contribution in [0.25, 0.3) is 10.2 Å². The molecule has 3 nitrogen and oxygen atoms in total. The lowest BCUT2D eigenvalue weighted by Crippen LogP contribution is -2.10. The maximum Gasteiger partial charge on any atom is 0.226 e. The second-order valence-electron chi connectivity index (χ2n) is 3.98. The van der Waals surface area contributed by atoms with Gasteiger partial charge in [-0.2, -0.15) is 0 Å². The van der Waals surface area contributed by atoms with Gasteiger partial charge in [-0.25, -0.2) is 4.98 Å². The van der Waals surface area contributed by atoms with Crippen molar-refractivity contribution < 1.29 is 4.79 Å². The molecule has 1 heterocycles. The van der Waals surface area contributed by atoms with E-state index in [4.69, 9.17) is 0 Å². The first-order chi connectivity index (χ1) is 8.74. The number of unbranched alkanes of at least 4 members (excludes halogenated alkanes) is 1. The van der Waals surface area contributed by atoms with E-state index >= 15 is 0 Å². The van der Waals surface area contributed by atoms with Gasteiger partial charge >= 0.3 is 0 Å². The van der Waals surface area contributed by atoms with Gasteiger partial charge in [-0.05, 0) is 24.8 Å². The molecule has 1 amide bonds. The fourth-order valence-corrected chi connectivity index (χ4v) is 3.20. The molecule has 2 rings (SSSR count). The van der Waals surface area contributed by atoms with Crippen LogP contribution in [0.1, 0.15) is 26.2 Å². The second-order valence-corrected chi connectivity index (χ2v) is 5.86. The quantitative estimate of drug-likeness (QED) is 0.837. The summed E-state index contributed by atoms with van der Waals surface area (Å²) >= 11 is 3.21. The van der Waals surface area contributed by atoms with Crippen LogP contribution in [-0.4, -0.2) is 17.1 Å². The molecule has 1 N–H and O–H groups in total. The molecule has 0 unspecified atom stereocenters. The third kappa shape index (κ3) is 3.03. The molecule has 0 fully saturated rings. The standard InChI is InChI=1S/C13H16N2OS2/c1-3-4-8-11(16)14-13-15-12-9(17-2)6-5-7-10(12)18-13/h5-7H,3-4,8H2,1-2H3,(H,14,15,16). The first kappa shape index (κ1) is 13.4. The largest absolute Gasteiger partial charge is 0.302 e. The average Bonchev–Trinajstić information content (AvgIpc) is 2.78. The van der Waals surface area contributed by atoms with Crippen molar-refractivity contribution in [1.82, 2.24) is 4.98 Å². The Morgan fingerprint density at radius 1 is 1.50 bits per heavy atom. The van der Waals surface area contributed by atoms with Crippen LogP contribution in [0.3, 0.4) is 0 Å². The molecule has 0 radical (unpaired) electrons. The number of hydrogen-bond donors (Lipinski definition) is 1. The van der Waals surface area contributed by atoms with Crippen molar-refractivity contribution in [2.24, 2.45) is 0 Å². The Labute approximate surface area is 115 Å². The lowest BCUT2D eigenvalue weighted by Gasteiger charge is -1.99. The number of fused-ring (bicyclic) bond motifs is 1. The van der Waals surface area contributed by atoms with Gasteiger partial charge in [0, 0.05) is 11.3 Å². The summed E-state index contributed by atoms with van der Waals surface area (Å²) in [5.74, 6) is 0.0570. The lowest BCUT2D eigenvalue weighted by molar-refractivity contribution is -0.116. The molecule has 96 valence electrons. The van der Waals surface area contributed by atoms with Crippen molar-refractivity contribution in [1.29, 1.82) is 0 Å². The fourth-order valence-electron chi connectivity index (χ4n) is 1.66. The van der Waals surface area contributed by atoms with Gasteiger partial charge in [0.1, 0.15) is 0 Å². The summed E-state index contributed by atoms with van der Waals surface area (Å²) in [6.07, 6.45) is 4.56. The molecule has 0 bridgehead atoms. The zero-order chi connectivity index (χ0) is 13.0. The molecule has 0 aliphatic carbocycles. The molecule has 1 aromatic carbocycles. The Morgan fingerprint density at radius 3 is 3.06 bits per heavy atom. The summed E-state index contributed by atoms with van der Waals surface area (Å²) in [7, 11) is 0. The molecule has 0 saturated carbocycles. The zero-order valence-electron chi connectivity index (χ0n) is 10.5. The van der Waals surface area contributed by atoms with Gasteiger partial charge in [-0.1, -0.05) is 30.7 Å². The SMILES string of the molecule is CCCCC(=O)Nc1nc2c(SC)cccc2s1. The normalized spacial score (nSPS) is 10.8. The van der Waals surface area contributed by atoms with Crippen LogP contribution in [-0.2, 0) is 4.79 Å². The number of hydrogen-bond acceptors (Lipinski definition) is 4. The number of aromatic nitrogens is 1. The first-order valence-electron chi connectivity index (χ1n) is 5.98. The highest BCUT2D eigenvalue weighted by molar-refractivity contribution is 7.98. The maximum absolute atomic E-state index is 11.7. The smallest absolute Gasteiger partial charge is 0.226 e. The van der Waals surface area contributed by atoms with Crippen molar-refractivity contribution in [2.45, 2.75) is 31.1 Å². The number of thioether (sulfide) groups is 1. The zero-order valence-corrected chi connectivity index (χ0v) is 12.2. The van der Waals surface area contributed by atoms with Crippen LogP contribution in [0.4, 0.5) is 5.13 Å². The molecule has 0 aliphatic heterocycles. The number of amides is 1. The summed E-state index contributed by atoms with van der Waals surface area (Å²) in [6.45, 7) is 2.08. The summed E-state index contributed by atoms with van der Waals surface area (Å²) in [6, 6.07) is 6.11. The van der Waals surface area contributed by atoms with E-state index in [1.165, 1.54) is 11.3 Å². The minimum absolute atomic E-state index is 0.0570. The number of para-hydroxylation sites is 1. The molecule has 0 spiro atoms. The van der Waals surface area contributed by atoms with Crippen molar-refractivity contribution in [3.63, 3.8) is 0 Å². The Bertz CT molecular complexity index is 551. The summed E-state index contributed by atoms with van der Waals surface area (Å²) in [5, 5.41) is 3.58. The third-order valence-electron chi connectivity index (χ3n) is 2.61. The van der Waals surface area contributed by atoms with Gasteiger partial charge in [0.25, 0.3) is 0 Å². The van der Waals surface area contributed by atoms with Crippen LogP contribution < -0.4 is 5.32 Å². The highest BCUT2D eigenvalue weighted by Gasteiger charge is 2.09. The Kier molecular flexibility index (Phi) is 4.60. The van der Waals surface area contributed by atoms with Crippen molar-refractivity contribution in [3.8, 4) is 0 Å². The monoisotopic (exact) mass is 280 g/mol. The van der Waals surface area contributed by atoms with Crippen LogP contribution >= 0.6 is 23.1 Å². The van der Waals surface area contributed by atoms with Gasteiger partial charge < -0.3 is 5.32 Å². The van der Waals surface area contributed by atoms with Crippen LogP contribution in [0, 0.1) is 0 Å². The van der Waals surface area contributed by atoms with Crippen LogP contribution in [0.2, 0.25) is 0 Å². The molecule has 2 aromatic rings. The Balaban J connectivity index is 2.17. The van der Waals surface area contributed by atoms with Gasteiger partial charge in [0.2, 0.25) is 5.91 Å². The Hall–Kier alpha value is -1.07. The number of thiazole rings is 1. The van der Waals surface area contributed by atoms with E-state index in [0.717, 1.165) is 28.0 Å². The van der Waals surface area contributed by atoms with E-state index in [0.29, 0.717) is 11.6 Å². The predicted octanol–water partition coefficient (Wildman–Crippen LogP) is 4.15. The average molecular weight is 280 g/mol. The summed E-state index contributed by atoms with van der Waals surface area (Å²) in [4.78, 5) is 17.3. The number of nitrogens with one attached hydrogen (secondary N) is 1. The molecule has 1 aromatic heterocycles. The van der Waals surface area contributed by atoms with Crippen molar-refractivity contribution >= 4 is 44.4 Å². The van der Waals surface area contributed by atoms with E-state index in [9.17, 15) is 4.79 Å². The number of benzene rings is 1. The molecule has 0 saturated heterocycles. The van der Waals surface area contributed by atoms with Crippen molar-refractivity contribution in [2.75, 3.05) is 11.6 Å². The molecule has 0 atom stereocenters. The second kappa shape index (κ2) is 6.20. The predicted molar refractivity (Wildman–Crippen MR) is 79.6 cm³/mol. The fraction of sp³-hybridized carbons (Fsp3) is 0.385. The number of carbonyl (C=O) groups excluding carboxylic acids is 1. The van der Waals surface area contributed by atoms with E-state index in [1.54, 1.807) is 11.8 Å². The third-order valence-corrected chi connectivity index (χ3v) is 4.31. The topological polar surface area (TPSA) is 42.0 Å². The lowest BCUT2D eigenvalue weighted by atomic mass is 10.2. The van der Waals surface area contributed by atoms with Crippen molar-refractivity contribution in [3.05, 3.63) is 18.2 Å². The number of rotatable bonds is 5. The summed E-state index contributed by atoms with van der Waals surface area (Å²) in [5.41, 5.74) is 0.987. The van der Waals surface area contributed by atoms with Crippen LogP contribution in [0.15, 0.2) is 23.1 Å². The van der Waals surface area contributed by atoms with Gasteiger partial charge in [0.05, 0.1) is 10.2 Å². The minimum Gasteiger partial charge on any atom is -0.302 e. The maximum atomic E-state index is 11.7. The van der Waals surface area contributed by atoms with E-state index < -0.39 is 0 Å². The molecule has 18 heavy (non-hydrogen) atoms. The molecule has 5 heteroatoms. The molecular weight excluding hydrogens is 264 g/mol. The van der Waals surface area contributed by atoms with Gasteiger partial charge in [-0.15, -0.1) is 11.8 Å².